The monoisotopic (exact) mass is 282 g/mol. The molecule has 0 aliphatic heterocycles. The second-order valence-electron chi connectivity index (χ2n) is 4.44. The van der Waals surface area contributed by atoms with E-state index in [2.05, 4.69) is 4.98 Å². The Balaban J connectivity index is 2.65. The predicted octanol–water partition coefficient (Wildman–Crippen LogP) is 2.27. The van der Waals surface area contributed by atoms with Gasteiger partial charge in [-0.3, -0.25) is 9.36 Å². The Morgan fingerprint density at radius 2 is 2.00 bits per heavy atom. The summed E-state index contributed by atoms with van der Waals surface area (Å²) in [5, 5.41) is -0.292. The number of benzene rings is 1. The highest BCUT2D eigenvalue weighted by atomic mass is 19.1. The lowest BCUT2D eigenvalue weighted by Crippen LogP contribution is -2.26. The third-order valence-corrected chi connectivity index (χ3v) is 3.14. The number of aromatic nitrogens is 2. The van der Waals surface area contributed by atoms with Gasteiger partial charge < -0.3 is 4.74 Å². The van der Waals surface area contributed by atoms with Crippen LogP contribution in [0.1, 0.15) is 19.2 Å². The summed E-state index contributed by atoms with van der Waals surface area (Å²) in [4.78, 5) is 16.5. The average Bonchev–Trinajstić information content (AvgIpc) is 2.44. The van der Waals surface area contributed by atoms with Crippen molar-refractivity contribution in [3.05, 3.63) is 39.9 Å². The fourth-order valence-electron chi connectivity index (χ4n) is 2.16. The molecule has 0 N–H and O–H groups in total. The van der Waals surface area contributed by atoms with Crippen molar-refractivity contribution in [3.8, 4) is 0 Å². The number of methoxy groups -OCH3 is 1. The summed E-state index contributed by atoms with van der Waals surface area (Å²) in [7, 11) is 1.57. The minimum absolute atomic E-state index is 0.199. The molecular formula is C14H16F2N2O2. The van der Waals surface area contributed by atoms with Crippen LogP contribution in [0.25, 0.3) is 10.9 Å². The molecule has 20 heavy (non-hydrogen) atoms. The van der Waals surface area contributed by atoms with Crippen LogP contribution in [0.3, 0.4) is 0 Å². The molecule has 1 aromatic carbocycles. The normalized spacial score (nSPS) is 11.2. The zero-order chi connectivity index (χ0) is 14.7. The molecule has 6 heteroatoms. The Labute approximate surface area is 115 Å². The molecule has 2 rings (SSSR count). The fourth-order valence-corrected chi connectivity index (χ4v) is 2.16. The van der Waals surface area contributed by atoms with Crippen molar-refractivity contribution in [2.75, 3.05) is 13.7 Å². The van der Waals surface area contributed by atoms with Gasteiger partial charge in [0.05, 0.1) is 0 Å². The third-order valence-electron chi connectivity index (χ3n) is 3.14. The number of ether oxygens (including phenoxy) is 1. The molecular weight excluding hydrogens is 266 g/mol. The lowest BCUT2D eigenvalue weighted by molar-refractivity contribution is 0.189. The first kappa shape index (κ1) is 14.6. The van der Waals surface area contributed by atoms with E-state index in [-0.39, 0.29) is 10.9 Å². The van der Waals surface area contributed by atoms with Crippen LogP contribution in [0, 0.1) is 11.6 Å². The van der Waals surface area contributed by atoms with Crippen molar-refractivity contribution in [2.45, 2.75) is 26.3 Å². The van der Waals surface area contributed by atoms with Crippen LogP contribution in [0.4, 0.5) is 8.78 Å². The summed E-state index contributed by atoms with van der Waals surface area (Å²) in [6, 6.07) is 1.94. The van der Waals surface area contributed by atoms with Gasteiger partial charge in [0, 0.05) is 26.7 Å². The molecule has 0 radical (unpaired) electrons. The van der Waals surface area contributed by atoms with E-state index in [1.807, 2.05) is 6.92 Å². The van der Waals surface area contributed by atoms with Crippen LogP contribution in [0.5, 0.6) is 0 Å². The maximum Gasteiger partial charge on any atom is 0.264 e. The summed E-state index contributed by atoms with van der Waals surface area (Å²) in [5.74, 6) is -0.984. The number of hydrogen-bond acceptors (Lipinski definition) is 3. The first-order valence-electron chi connectivity index (χ1n) is 6.46. The molecule has 0 spiro atoms. The standard InChI is InChI=1S/C14H16F2N2O2/c1-3-11-17-13-10(16)6-5-9(15)12(13)14(19)18(11)7-4-8-20-2/h5-6H,3-4,7-8H2,1-2H3. The van der Waals surface area contributed by atoms with Gasteiger partial charge in [-0.05, 0) is 18.6 Å². The Hall–Kier alpha value is -1.82. The van der Waals surface area contributed by atoms with E-state index >= 15 is 0 Å². The molecule has 0 amide bonds. The van der Waals surface area contributed by atoms with Crippen LogP contribution in [0.2, 0.25) is 0 Å². The average molecular weight is 282 g/mol. The van der Waals surface area contributed by atoms with Gasteiger partial charge in [-0.1, -0.05) is 6.92 Å². The van der Waals surface area contributed by atoms with Crippen LogP contribution in [-0.4, -0.2) is 23.3 Å². The molecule has 0 aliphatic carbocycles. The van der Waals surface area contributed by atoms with E-state index in [4.69, 9.17) is 4.74 Å². The van der Waals surface area contributed by atoms with Crippen molar-refractivity contribution in [1.29, 1.82) is 0 Å². The van der Waals surface area contributed by atoms with Gasteiger partial charge in [0.1, 0.15) is 28.4 Å². The molecule has 0 unspecified atom stereocenters. The molecule has 0 fully saturated rings. The number of halogens is 2. The molecule has 4 nitrogen and oxygen atoms in total. The SMILES string of the molecule is CCc1nc2c(F)ccc(F)c2c(=O)n1CCCOC. The van der Waals surface area contributed by atoms with Gasteiger partial charge in [0.15, 0.2) is 0 Å². The highest BCUT2D eigenvalue weighted by molar-refractivity contribution is 5.78. The van der Waals surface area contributed by atoms with E-state index in [1.165, 1.54) is 4.57 Å². The quantitative estimate of drug-likeness (QED) is 0.790. The number of rotatable bonds is 5. The van der Waals surface area contributed by atoms with Gasteiger partial charge in [0.25, 0.3) is 5.56 Å². The Bertz CT molecular complexity index is 683. The molecule has 0 aliphatic rings. The van der Waals surface area contributed by atoms with E-state index < -0.39 is 17.2 Å². The second kappa shape index (κ2) is 6.09. The predicted molar refractivity (Wildman–Crippen MR) is 71.8 cm³/mol. The molecule has 0 bridgehead atoms. The topological polar surface area (TPSA) is 44.1 Å². The Morgan fingerprint density at radius 1 is 1.30 bits per heavy atom. The zero-order valence-electron chi connectivity index (χ0n) is 11.4. The van der Waals surface area contributed by atoms with Crippen LogP contribution >= 0.6 is 0 Å². The minimum atomic E-state index is -0.748. The molecule has 2 aromatic rings. The summed E-state index contributed by atoms with van der Waals surface area (Å²) in [6.07, 6.45) is 1.07. The molecule has 0 saturated heterocycles. The molecule has 0 atom stereocenters. The second-order valence-corrected chi connectivity index (χ2v) is 4.44. The van der Waals surface area contributed by atoms with Gasteiger partial charge in [-0.2, -0.15) is 0 Å². The lowest BCUT2D eigenvalue weighted by Gasteiger charge is -2.12. The number of nitrogens with zero attached hydrogens (tertiary/aromatic N) is 2. The van der Waals surface area contributed by atoms with Gasteiger partial charge in [-0.25, -0.2) is 13.8 Å². The van der Waals surface area contributed by atoms with E-state index in [1.54, 1.807) is 7.11 Å². The van der Waals surface area contributed by atoms with Crippen molar-refractivity contribution in [2.24, 2.45) is 0 Å². The molecule has 108 valence electrons. The van der Waals surface area contributed by atoms with Crippen molar-refractivity contribution in [1.82, 2.24) is 9.55 Å². The maximum absolute atomic E-state index is 13.8. The molecule has 1 heterocycles. The van der Waals surface area contributed by atoms with E-state index in [0.29, 0.717) is 31.8 Å². The minimum Gasteiger partial charge on any atom is -0.385 e. The van der Waals surface area contributed by atoms with Gasteiger partial charge >= 0.3 is 0 Å². The lowest BCUT2D eigenvalue weighted by atomic mass is 10.2. The van der Waals surface area contributed by atoms with Crippen LogP contribution in [0.15, 0.2) is 16.9 Å². The summed E-state index contributed by atoms with van der Waals surface area (Å²) in [5.41, 5.74) is -0.741. The fraction of sp³-hybridized carbons (Fsp3) is 0.429. The number of hydrogen-bond donors (Lipinski definition) is 0. The smallest absolute Gasteiger partial charge is 0.264 e. The van der Waals surface area contributed by atoms with Crippen molar-refractivity contribution < 1.29 is 13.5 Å². The van der Waals surface area contributed by atoms with Gasteiger partial charge in [0.2, 0.25) is 0 Å². The summed E-state index contributed by atoms with van der Waals surface area (Å²) < 4.78 is 33.8. The first-order chi connectivity index (χ1) is 9.60. The van der Waals surface area contributed by atoms with Gasteiger partial charge in [-0.15, -0.1) is 0 Å². The van der Waals surface area contributed by atoms with Crippen molar-refractivity contribution >= 4 is 10.9 Å². The Morgan fingerprint density at radius 3 is 2.65 bits per heavy atom. The van der Waals surface area contributed by atoms with E-state index in [9.17, 15) is 13.6 Å². The number of fused-ring (bicyclic) bond motifs is 1. The highest BCUT2D eigenvalue weighted by Crippen LogP contribution is 2.16. The summed E-state index contributed by atoms with van der Waals surface area (Å²) in [6.45, 7) is 2.67. The largest absolute Gasteiger partial charge is 0.385 e. The van der Waals surface area contributed by atoms with Crippen LogP contribution in [-0.2, 0) is 17.7 Å². The Kier molecular flexibility index (Phi) is 4.44. The number of aryl methyl sites for hydroxylation is 1. The maximum atomic E-state index is 13.8. The van der Waals surface area contributed by atoms with Crippen molar-refractivity contribution in [3.63, 3.8) is 0 Å². The van der Waals surface area contributed by atoms with Crippen LogP contribution < -0.4 is 5.56 Å². The molecule has 1 aromatic heterocycles. The third kappa shape index (κ3) is 2.56. The molecule has 0 saturated carbocycles. The first-order valence-corrected chi connectivity index (χ1v) is 6.46. The van der Waals surface area contributed by atoms with E-state index in [0.717, 1.165) is 12.1 Å². The highest BCUT2D eigenvalue weighted by Gasteiger charge is 2.16. The summed E-state index contributed by atoms with van der Waals surface area (Å²) >= 11 is 0. The zero-order valence-corrected chi connectivity index (χ0v) is 11.4.